The highest BCUT2D eigenvalue weighted by Gasteiger charge is 2.15. The molecule has 128 valence electrons. The second-order valence-corrected chi connectivity index (χ2v) is 5.37. The lowest BCUT2D eigenvalue weighted by Crippen LogP contribution is -2.33. The van der Waals surface area contributed by atoms with Gasteiger partial charge in [-0.15, -0.1) is 0 Å². The van der Waals surface area contributed by atoms with E-state index in [0.29, 0.717) is 11.3 Å². The molecule has 1 unspecified atom stereocenters. The lowest BCUT2D eigenvalue weighted by atomic mass is 10.1. The summed E-state index contributed by atoms with van der Waals surface area (Å²) in [6, 6.07) is 3.94. The molecule has 0 aliphatic carbocycles. The quantitative estimate of drug-likeness (QED) is 0.756. The molecule has 1 atom stereocenters. The molecule has 1 heterocycles. The fourth-order valence-corrected chi connectivity index (χ4v) is 2.33. The first kappa shape index (κ1) is 17.5. The first-order chi connectivity index (χ1) is 11.3. The zero-order chi connectivity index (χ0) is 17.9. The maximum absolute atomic E-state index is 13.7. The van der Waals surface area contributed by atoms with Crippen LogP contribution in [-0.2, 0) is 11.2 Å². The summed E-state index contributed by atoms with van der Waals surface area (Å²) < 4.78 is 18.6. The Morgan fingerprint density at radius 2 is 2.04 bits per heavy atom. The summed E-state index contributed by atoms with van der Waals surface area (Å²) in [5, 5.41) is 2.69. The van der Waals surface area contributed by atoms with Crippen LogP contribution in [0.15, 0.2) is 27.8 Å². The van der Waals surface area contributed by atoms with Gasteiger partial charge in [0.25, 0.3) is 5.56 Å². The van der Waals surface area contributed by atoms with Gasteiger partial charge in [0.15, 0.2) is 11.6 Å². The van der Waals surface area contributed by atoms with E-state index in [1.807, 2.05) is 0 Å². The fourth-order valence-electron chi connectivity index (χ4n) is 2.33. The van der Waals surface area contributed by atoms with Crippen molar-refractivity contribution in [3.05, 3.63) is 61.7 Å². The topological polar surface area (TPSA) is 104 Å². The number of benzene rings is 1. The number of hydrogen-bond donors (Lipinski definition) is 3. The van der Waals surface area contributed by atoms with Crippen LogP contribution in [0.4, 0.5) is 4.39 Å². The minimum absolute atomic E-state index is 0.118. The Balaban J connectivity index is 2.11. The predicted octanol–water partition coefficient (Wildman–Crippen LogP) is 0.939. The van der Waals surface area contributed by atoms with E-state index in [9.17, 15) is 18.8 Å². The number of ether oxygens (including phenoxy) is 1. The van der Waals surface area contributed by atoms with Gasteiger partial charge in [-0.25, -0.2) is 9.18 Å². The van der Waals surface area contributed by atoms with E-state index >= 15 is 0 Å². The Kier molecular flexibility index (Phi) is 5.18. The van der Waals surface area contributed by atoms with Crippen molar-refractivity contribution in [2.45, 2.75) is 26.3 Å². The van der Waals surface area contributed by atoms with Crippen LogP contribution in [0.1, 0.15) is 29.8 Å². The molecule has 0 spiro atoms. The SMILES string of the molecule is COc1ccc(C(C)NC(=O)Cc2c(C)[nH]c(=O)[nH]c2=O)cc1F. The molecular weight excluding hydrogens is 317 g/mol. The van der Waals surface area contributed by atoms with Crippen LogP contribution in [0.5, 0.6) is 5.75 Å². The fraction of sp³-hybridized carbons (Fsp3) is 0.312. The van der Waals surface area contributed by atoms with Gasteiger partial charge in [0, 0.05) is 11.3 Å². The van der Waals surface area contributed by atoms with Crippen molar-refractivity contribution < 1.29 is 13.9 Å². The van der Waals surface area contributed by atoms with Gasteiger partial charge in [0.05, 0.1) is 19.6 Å². The van der Waals surface area contributed by atoms with Crippen LogP contribution in [0.3, 0.4) is 0 Å². The number of halogens is 1. The summed E-state index contributed by atoms with van der Waals surface area (Å²) >= 11 is 0. The van der Waals surface area contributed by atoms with Gasteiger partial charge in [-0.1, -0.05) is 6.07 Å². The van der Waals surface area contributed by atoms with Gasteiger partial charge in [0.1, 0.15) is 0 Å². The Labute approximate surface area is 136 Å². The van der Waals surface area contributed by atoms with Crippen molar-refractivity contribution in [2.24, 2.45) is 0 Å². The maximum atomic E-state index is 13.7. The average molecular weight is 335 g/mol. The number of aromatic nitrogens is 2. The van der Waals surface area contributed by atoms with Crippen molar-refractivity contribution in [3.63, 3.8) is 0 Å². The van der Waals surface area contributed by atoms with Crippen molar-refractivity contribution in [1.29, 1.82) is 0 Å². The van der Waals surface area contributed by atoms with Gasteiger partial charge >= 0.3 is 5.69 Å². The van der Waals surface area contributed by atoms with Crippen LogP contribution in [-0.4, -0.2) is 23.0 Å². The molecule has 24 heavy (non-hydrogen) atoms. The summed E-state index contributed by atoms with van der Waals surface area (Å²) in [4.78, 5) is 39.5. The largest absolute Gasteiger partial charge is 0.494 e. The van der Waals surface area contributed by atoms with Gasteiger partial charge < -0.3 is 15.0 Å². The minimum atomic E-state index is -0.622. The smallest absolute Gasteiger partial charge is 0.325 e. The molecule has 2 rings (SSSR count). The van der Waals surface area contributed by atoms with Crippen LogP contribution < -0.4 is 21.3 Å². The Morgan fingerprint density at radius 3 is 2.62 bits per heavy atom. The molecule has 1 aromatic carbocycles. The van der Waals surface area contributed by atoms with E-state index in [4.69, 9.17) is 4.74 Å². The molecule has 7 nitrogen and oxygen atoms in total. The summed E-state index contributed by atoms with van der Waals surface area (Å²) in [6.45, 7) is 3.24. The first-order valence-corrected chi connectivity index (χ1v) is 7.26. The van der Waals surface area contributed by atoms with Crippen LogP contribution in [0, 0.1) is 12.7 Å². The second-order valence-electron chi connectivity index (χ2n) is 5.37. The molecular formula is C16H18FN3O4. The molecule has 1 amide bonds. The molecule has 2 aromatic rings. The van der Waals surface area contributed by atoms with E-state index in [-0.39, 0.29) is 17.7 Å². The molecule has 8 heteroatoms. The third kappa shape index (κ3) is 3.89. The normalized spacial score (nSPS) is 11.8. The molecule has 0 radical (unpaired) electrons. The van der Waals surface area contributed by atoms with E-state index in [1.54, 1.807) is 19.9 Å². The first-order valence-electron chi connectivity index (χ1n) is 7.26. The molecule has 0 saturated heterocycles. The molecule has 0 bridgehead atoms. The third-order valence-corrected chi connectivity index (χ3v) is 3.65. The van der Waals surface area contributed by atoms with Crippen LogP contribution in [0.25, 0.3) is 0 Å². The second kappa shape index (κ2) is 7.12. The maximum Gasteiger partial charge on any atom is 0.325 e. The van der Waals surface area contributed by atoms with Crippen molar-refractivity contribution in [3.8, 4) is 5.75 Å². The van der Waals surface area contributed by atoms with E-state index in [0.717, 1.165) is 0 Å². The highest BCUT2D eigenvalue weighted by atomic mass is 19.1. The summed E-state index contributed by atoms with van der Waals surface area (Å²) in [5.74, 6) is -0.823. The number of amides is 1. The summed E-state index contributed by atoms with van der Waals surface area (Å²) in [7, 11) is 1.37. The van der Waals surface area contributed by atoms with Crippen molar-refractivity contribution in [2.75, 3.05) is 7.11 Å². The third-order valence-electron chi connectivity index (χ3n) is 3.65. The van der Waals surface area contributed by atoms with E-state index < -0.39 is 29.0 Å². The zero-order valence-corrected chi connectivity index (χ0v) is 13.5. The highest BCUT2D eigenvalue weighted by molar-refractivity contribution is 5.79. The number of aryl methyl sites for hydroxylation is 1. The number of H-pyrrole nitrogens is 2. The van der Waals surface area contributed by atoms with E-state index in [2.05, 4.69) is 15.3 Å². The number of rotatable bonds is 5. The molecule has 0 aliphatic heterocycles. The van der Waals surface area contributed by atoms with Gasteiger partial charge in [0.2, 0.25) is 5.91 Å². The number of carbonyl (C=O) groups is 1. The van der Waals surface area contributed by atoms with Gasteiger partial charge in [-0.2, -0.15) is 0 Å². The summed E-state index contributed by atoms with van der Waals surface area (Å²) in [6.07, 6.45) is -0.194. The Bertz CT molecular complexity index is 872. The molecule has 3 N–H and O–H groups in total. The monoisotopic (exact) mass is 335 g/mol. The Hall–Kier alpha value is -2.90. The molecule has 1 aromatic heterocycles. The zero-order valence-electron chi connectivity index (χ0n) is 13.5. The number of nitrogens with one attached hydrogen (secondary N) is 3. The van der Waals surface area contributed by atoms with Gasteiger partial charge in [-0.05, 0) is 31.5 Å². The summed E-state index contributed by atoms with van der Waals surface area (Å²) in [5.41, 5.74) is -0.144. The highest BCUT2D eigenvalue weighted by Crippen LogP contribution is 2.21. The lowest BCUT2D eigenvalue weighted by Gasteiger charge is -2.15. The van der Waals surface area contributed by atoms with Crippen molar-refractivity contribution >= 4 is 5.91 Å². The van der Waals surface area contributed by atoms with Crippen LogP contribution in [0.2, 0.25) is 0 Å². The minimum Gasteiger partial charge on any atom is -0.494 e. The molecule has 0 fully saturated rings. The number of hydrogen-bond acceptors (Lipinski definition) is 4. The van der Waals surface area contributed by atoms with Gasteiger partial charge in [-0.3, -0.25) is 14.6 Å². The number of carbonyl (C=O) groups excluding carboxylic acids is 1. The van der Waals surface area contributed by atoms with E-state index in [1.165, 1.54) is 19.2 Å². The standard InChI is InChI=1S/C16H18FN3O4/c1-8(10-4-5-13(24-3)12(17)6-10)18-14(21)7-11-9(2)19-16(23)20-15(11)22/h4-6,8H,7H2,1-3H3,(H,18,21)(H2,19,20,22,23). The number of methoxy groups -OCH3 is 1. The molecule has 0 saturated carbocycles. The molecule has 0 aliphatic rings. The lowest BCUT2D eigenvalue weighted by molar-refractivity contribution is -0.121. The van der Waals surface area contributed by atoms with Crippen LogP contribution >= 0.6 is 0 Å². The van der Waals surface area contributed by atoms with Crippen molar-refractivity contribution in [1.82, 2.24) is 15.3 Å². The average Bonchev–Trinajstić information content (AvgIpc) is 2.50. The Morgan fingerprint density at radius 1 is 1.33 bits per heavy atom. The number of aromatic amines is 2. The predicted molar refractivity (Wildman–Crippen MR) is 85.6 cm³/mol.